The lowest BCUT2D eigenvalue weighted by atomic mass is 10.0. The van der Waals surface area contributed by atoms with E-state index in [1.165, 1.54) is 0 Å². The smallest absolute Gasteiger partial charge is 0.336 e. The molecule has 6 heteroatoms. The van der Waals surface area contributed by atoms with E-state index in [4.69, 9.17) is 0 Å². The van der Waals surface area contributed by atoms with E-state index in [9.17, 15) is 18.3 Å². The standard InChI is InChI=1S/C25H29NO4S/c1-18(2)19-11-9-14-22-20(17-24(25(27)28)23(22)16-19)10-5-4-8-15-26-31(29,30)21-12-6-3-7-13-21/h3,6-7,9,11-14,16-18,26H,4-5,8,10,15H2,1-2H3,(H,27,28). The molecule has 0 bridgehead atoms. The van der Waals surface area contributed by atoms with Crippen molar-refractivity contribution < 1.29 is 18.3 Å². The molecule has 0 spiro atoms. The number of hydrogen-bond donors (Lipinski definition) is 2. The average Bonchev–Trinajstić information content (AvgIpc) is 2.92. The number of nitrogens with one attached hydrogen (secondary N) is 1. The Morgan fingerprint density at radius 1 is 0.935 bits per heavy atom. The highest BCUT2D eigenvalue weighted by molar-refractivity contribution is 7.89. The van der Waals surface area contributed by atoms with E-state index < -0.39 is 16.0 Å². The second-order valence-corrected chi connectivity index (χ2v) is 9.83. The molecule has 0 amide bonds. The second-order valence-electron chi connectivity index (χ2n) is 8.06. The number of hydrogen-bond acceptors (Lipinski definition) is 3. The molecule has 0 aromatic heterocycles. The van der Waals surface area contributed by atoms with Gasteiger partial charge in [0.1, 0.15) is 0 Å². The Hall–Kier alpha value is -2.70. The van der Waals surface area contributed by atoms with Crippen molar-refractivity contribution in [3.05, 3.63) is 77.4 Å². The predicted molar refractivity (Wildman–Crippen MR) is 123 cm³/mol. The van der Waals surface area contributed by atoms with Gasteiger partial charge in [0, 0.05) is 6.54 Å². The normalized spacial score (nSPS) is 11.8. The van der Waals surface area contributed by atoms with Gasteiger partial charge in [-0.3, -0.25) is 0 Å². The first kappa shape index (κ1) is 23.0. The summed E-state index contributed by atoms with van der Waals surface area (Å²) in [6.07, 6.45) is 3.20. The molecule has 5 nitrogen and oxygen atoms in total. The van der Waals surface area contributed by atoms with Crippen LogP contribution in [-0.2, 0) is 16.4 Å². The molecular weight excluding hydrogens is 410 g/mol. The van der Waals surface area contributed by atoms with E-state index in [2.05, 4.69) is 18.6 Å². The van der Waals surface area contributed by atoms with Crippen LogP contribution < -0.4 is 4.72 Å². The highest BCUT2D eigenvalue weighted by Gasteiger charge is 2.20. The zero-order valence-corrected chi connectivity index (χ0v) is 18.8. The molecule has 3 rings (SSSR count). The van der Waals surface area contributed by atoms with E-state index in [1.807, 2.05) is 24.3 Å². The number of benzene rings is 1. The van der Waals surface area contributed by atoms with Crippen LogP contribution in [0.1, 0.15) is 60.5 Å². The van der Waals surface area contributed by atoms with Crippen LogP contribution in [0.4, 0.5) is 0 Å². The van der Waals surface area contributed by atoms with Gasteiger partial charge in [-0.05, 0) is 65.6 Å². The van der Waals surface area contributed by atoms with Crippen molar-refractivity contribution in [2.24, 2.45) is 0 Å². The topological polar surface area (TPSA) is 83.5 Å². The van der Waals surface area contributed by atoms with E-state index in [-0.39, 0.29) is 4.90 Å². The third kappa shape index (κ3) is 5.71. The van der Waals surface area contributed by atoms with Gasteiger partial charge < -0.3 is 5.11 Å². The Kier molecular flexibility index (Phi) is 7.46. The second kappa shape index (κ2) is 10.1. The monoisotopic (exact) mass is 439 g/mol. The fraction of sp³-hybridized carbons (Fsp3) is 0.320. The fourth-order valence-corrected chi connectivity index (χ4v) is 4.82. The third-order valence-electron chi connectivity index (χ3n) is 5.47. The van der Waals surface area contributed by atoms with Crippen molar-refractivity contribution >= 4 is 16.0 Å². The molecule has 0 aliphatic heterocycles. The molecule has 0 heterocycles. The maximum absolute atomic E-state index is 12.2. The number of carboxylic acid groups (broad SMARTS) is 1. The van der Waals surface area contributed by atoms with Crippen molar-refractivity contribution in [1.82, 2.24) is 4.72 Å². The largest absolute Gasteiger partial charge is 0.478 e. The highest BCUT2D eigenvalue weighted by atomic mass is 32.2. The molecule has 0 saturated carbocycles. The summed E-state index contributed by atoms with van der Waals surface area (Å²) >= 11 is 0. The SMILES string of the molecule is CC(C)c1cccc2c(CCCCCNS(=O)(=O)c3ccccc3)cc(C(=O)O)c-2c1. The minimum atomic E-state index is -3.47. The molecule has 0 unspecified atom stereocenters. The van der Waals surface area contributed by atoms with Crippen molar-refractivity contribution in [2.45, 2.75) is 50.3 Å². The van der Waals surface area contributed by atoms with Crippen LogP contribution in [0.15, 0.2) is 65.6 Å². The quantitative estimate of drug-likeness (QED) is 0.420. The first-order chi connectivity index (χ1) is 14.8. The molecule has 0 fully saturated rings. The van der Waals surface area contributed by atoms with Crippen LogP contribution in [0.25, 0.3) is 11.1 Å². The van der Waals surface area contributed by atoms with Crippen LogP contribution in [0.3, 0.4) is 0 Å². The Morgan fingerprint density at radius 2 is 1.68 bits per heavy atom. The molecule has 2 N–H and O–H groups in total. The van der Waals surface area contributed by atoms with Gasteiger partial charge in [-0.15, -0.1) is 0 Å². The molecule has 2 aliphatic carbocycles. The number of aromatic carboxylic acids is 1. The lowest BCUT2D eigenvalue weighted by molar-refractivity contribution is 0.0698. The number of carboxylic acids is 1. The number of unbranched alkanes of at least 4 members (excludes halogenated alkanes) is 2. The van der Waals surface area contributed by atoms with Crippen molar-refractivity contribution in [3.63, 3.8) is 0 Å². The van der Waals surface area contributed by atoms with Gasteiger partial charge in [0.2, 0.25) is 10.0 Å². The maximum atomic E-state index is 12.2. The summed E-state index contributed by atoms with van der Waals surface area (Å²) in [5, 5.41) is 9.65. The maximum Gasteiger partial charge on any atom is 0.336 e. The molecule has 0 radical (unpaired) electrons. The average molecular weight is 440 g/mol. The Morgan fingerprint density at radius 3 is 2.35 bits per heavy atom. The summed E-state index contributed by atoms with van der Waals surface area (Å²) in [4.78, 5) is 12.0. The van der Waals surface area contributed by atoms with Crippen molar-refractivity contribution in [3.8, 4) is 11.1 Å². The number of rotatable bonds is 10. The minimum Gasteiger partial charge on any atom is -0.478 e. The molecule has 1 aromatic carbocycles. The first-order valence-corrected chi connectivity index (χ1v) is 12.1. The molecule has 164 valence electrons. The van der Waals surface area contributed by atoms with Gasteiger partial charge in [-0.2, -0.15) is 0 Å². The van der Waals surface area contributed by atoms with E-state index >= 15 is 0 Å². The van der Waals surface area contributed by atoms with Gasteiger partial charge >= 0.3 is 5.97 Å². The van der Waals surface area contributed by atoms with Gasteiger partial charge in [0.15, 0.2) is 0 Å². The Labute approximate surface area is 184 Å². The summed E-state index contributed by atoms with van der Waals surface area (Å²) < 4.78 is 27.1. The van der Waals surface area contributed by atoms with Gasteiger partial charge in [0.25, 0.3) is 0 Å². The first-order valence-electron chi connectivity index (χ1n) is 10.6. The minimum absolute atomic E-state index is 0.271. The Bertz CT molecular complexity index is 1110. The Balaban J connectivity index is 1.59. The summed E-state index contributed by atoms with van der Waals surface area (Å²) in [6, 6.07) is 18.1. The number of fused-ring (bicyclic) bond motifs is 1. The van der Waals surface area contributed by atoms with Crippen molar-refractivity contribution in [1.29, 1.82) is 0 Å². The lowest BCUT2D eigenvalue weighted by Gasteiger charge is -2.07. The van der Waals surface area contributed by atoms with Gasteiger partial charge in [-0.25, -0.2) is 17.9 Å². The molecule has 0 saturated heterocycles. The zero-order chi connectivity index (χ0) is 22.4. The summed E-state index contributed by atoms with van der Waals surface area (Å²) in [5.74, 6) is -0.595. The number of carbonyl (C=O) groups is 1. The fourth-order valence-electron chi connectivity index (χ4n) is 3.72. The lowest BCUT2D eigenvalue weighted by Crippen LogP contribution is -2.24. The third-order valence-corrected chi connectivity index (χ3v) is 6.95. The van der Waals surface area contributed by atoms with E-state index in [1.54, 1.807) is 36.4 Å². The molecule has 0 atom stereocenters. The van der Waals surface area contributed by atoms with Gasteiger partial charge in [-0.1, -0.05) is 62.7 Å². The molecular formula is C25H29NO4S. The van der Waals surface area contributed by atoms with Crippen molar-refractivity contribution in [2.75, 3.05) is 6.54 Å². The van der Waals surface area contributed by atoms with E-state index in [0.29, 0.717) is 18.0 Å². The highest BCUT2D eigenvalue weighted by Crippen LogP contribution is 2.35. The van der Waals surface area contributed by atoms with Gasteiger partial charge in [0.05, 0.1) is 10.5 Å². The summed E-state index contributed by atoms with van der Waals surface area (Å²) in [6.45, 7) is 4.57. The number of aryl methyl sites for hydroxylation is 1. The van der Waals surface area contributed by atoms with Crippen LogP contribution in [0, 0.1) is 0 Å². The number of sulfonamides is 1. The summed E-state index contributed by atoms with van der Waals surface area (Å²) in [7, 11) is -3.47. The van der Waals surface area contributed by atoms with Crippen LogP contribution in [-0.4, -0.2) is 26.0 Å². The molecule has 2 aliphatic rings. The van der Waals surface area contributed by atoms with Crippen LogP contribution in [0.2, 0.25) is 0 Å². The molecule has 31 heavy (non-hydrogen) atoms. The van der Waals surface area contributed by atoms with E-state index in [0.717, 1.165) is 47.9 Å². The van der Waals surface area contributed by atoms with Crippen LogP contribution in [0.5, 0.6) is 0 Å². The summed E-state index contributed by atoms with van der Waals surface area (Å²) in [5.41, 5.74) is 4.25. The zero-order valence-electron chi connectivity index (χ0n) is 18.0. The van der Waals surface area contributed by atoms with Crippen LogP contribution >= 0.6 is 0 Å². The predicted octanol–water partition coefficient (Wildman–Crippen LogP) is 5.30. The molecule has 1 aromatic rings.